The highest BCUT2D eigenvalue weighted by molar-refractivity contribution is 5.68. The SMILES string of the molecule is O=C(O)C/C=C/CCCCCCCCCCCCC(=O)O. The Morgan fingerprint density at radius 2 is 1.10 bits per heavy atom. The second-order valence-electron chi connectivity index (χ2n) is 5.54. The van der Waals surface area contributed by atoms with Crippen molar-refractivity contribution in [1.82, 2.24) is 0 Å². The van der Waals surface area contributed by atoms with Crippen LogP contribution >= 0.6 is 0 Å². The van der Waals surface area contributed by atoms with Crippen LogP contribution in [0.2, 0.25) is 0 Å². The molecule has 21 heavy (non-hydrogen) atoms. The molecule has 0 atom stereocenters. The molecule has 0 spiro atoms. The van der Waals surface area contributed by atoms with Crippen molar-refractivity contribution in [2.75, 3.05) is 0 Å². The zero-order valence-corrected chi connectivity index (χ0v) is 13.1. The van der Waals surface area contributed by atoms with Gasteiger partial charge in [-0.15, -0.1) is 0 Å². The van der Waals surface area contributed by atoms with E-state index in [2.05, 4.69) is 0 Å². The van der Waals surface area contributed by atoms with Crippen molar-refractivity contribution >= 4 is 11.9 Å². The number of rotatable bonds is 15. The molecule has 0 amide bonds. The Hall–Kier alpha value is -1.32. The number of aliphatic carboxylic acids is 2. The third-order valence-electron chi connectivity index (χ3n) is 3.47. The standard InChI is InChI=1S/C17H30O4/c18-16(19)14-12-10-8-6-4-2-1-3-5-7-9-11-13-15-17(20)21/h10,12H,1-9,11,13-15H2,(H,18,19)(H,20,21)/b12-10+. The largest absolute Gasteiger partial charge is 0.481 e. The van der Waals surface area contributed by atoms with E-state index in [0.717, 1.165) is 32.1 Å². The maximum absolute atomic E-state index is 10.3. The number of carbonyl (C=O) groups is 2. The highest BCUT2D eigenvalue weighted by Crippen LogP contribution is 2.12. The van der Waals surface area contributed by atoms with Crippen LogP contribution < -0.4 is 0 Å². The van der Waals surface area contributed by atoms with Gasteiger partial charge in [0.15, 0.2) is 0 Å². The molecule has 0 aliphatic carbocycles. The first-order chi connectivity index (χ1) is 10.1. The Morgan fingerprint density at radius 1 is 0.619 bits per heavy atom. The van der Waals surface area contributed by atoms with E-state index >= 15 is 0 Å². The summed E-state index contributed by atoms with van der Waals surface area (Å²) in [6.45, 7) is 0. The van der Waals surface area contributed by atoms with Crippen molar-refractivity contribution < 1.29 is 19.8 Å². The maximum atomic E-state index is 10.3. The fraction of sp³-hybridized carbons (Fsp3) is 0.765. The molecule has 122 valence electrons. The smallest absolute Gasteiger partial charge is 0.307 e. The van der Waals surface area contributed by atoms with Crippen LogP contribution in [0.25, 0.3) is 0 Å². The lowest BCUT2D eigenvalue weighted by Gasteiger charge is -2.01. The van der Waals surface area contributed by atoms with Gasteiger partial charge in [-0.2, -0.15) is 0 Å². The zero-order chi connectivity index (χ0) is 15.8. The summed E-state index contributed by atoms with van der Waals surface area (Å²) in [4.78, 5) is 20.6. The van der Waals surface area contributed by atoms with Crippen LogP contribution in [0, 0.1) is 0 Å². The van der Waals surface area contributed by atoms with Crippen LogP contribution in [0.15, 0.2) is 12.2 Å². The van der Waals surface area contributed by atoms with Gasteiger partial charge in [-0.1, -0.05) is 63.5 Å². The van der Waals surface area contributed by atoms with Crippen LogP contribution in [0.5, 0.6) is 0 Å². The van der Waals surface area contributed by atoms with E-state index in [0.29, 0.717) is 6.42 Å². The predicted octanol–water partition coefficient (Wildman–Crippen LogP) is 4.78. The number of unbranched alkanes of at least 4 members (excludes halogenated alkanes) is 10. The van der Waals surface area contributed by atoms with Crippen LogP contribution in [-0.4, -0.2) is 22.2 Å². The number of allylic oxidation sites excluding steroid dienone is 1. The molecule has 0 aromatic heterocycles. The van der Waals surface area contributed by atoms with Gasteiger partial charge in [0.25, 0.3) is 0 Å². The fourth-order valence-electron chi connectivity index (χ4n) is 2.25. The quantitative estimate of drug-likeness (QED) is 0.337. The van der Waals surface area contributed by atoms with E-state index in [4.69, 9.17) is 10.2 Å². The second-order valence-corrected chi connectivity index (χ2v) is 5.54. The molecule has 4 heteroatoms. The molecule has 4 nitrogen and oxygen atoms in total. The van der Waals surface area contributed by atoms with E-state index in [-0.39, 0.29) is 6.42 Å². The summed E-state index contributed by atoms with van der Waals surface area (Å²) in [5.74, 6) is -1.46. The van der Waals surface area contributed by atoms with Crippen LogP contribution in [-0.2, 0) is 9.59 Å². The first-order valence-electron chi connectivity index (χ1n) is 8.21. The molecule has 0 heterocycles. The van der Waals surface area contributed by atoms with E-state index in [9.17, 15) is 9.59 Å². The topological polar surface area (TPSA) is 74.6 Å². The average molecular weight is 298 g/mol. The summed E-state index contributed by atoms with van der Waals surface area (Å²) in [5.41, 5.74) is 0. The highest BCUT2D eigenvalue weighted by Gasteiger charge is 1.96. The van der Waals surface area contributed by atoms with Gasteiger partial charge in [0.2, 0.25) is 0 Å². The first kappa shape index (κ1) is 19.7. The number of hydrogen-bond donors (Lipinski definition) is 2. The van der Waals surface area contributed by atoms with Gasteiger partial charge in [-0.25, -0.2) is 0 Å². The van der Waals surface area contributed by atoms with Gasteiger partial charge < -0.3 is 10.2 Å². The van der Waals surface area contributed by atoms with Crippen LogP contribution in [0.1, 0.15) is 83.5 Å². The minimum atomic E-state index is -0.769. The molecular weight excluding hydrogens is 268 g/mol. The van der Waals surface area contributed by atoms with Crippen molar-refractivity contribution in [2.45, 2.75) is 83.5 Å². The number of hydrogen-bond acceptors (Lipinski definition) is 2. The van der Waals surface area contributed by atoms with Gasteiger partial charge in [-0.05, 0) is 19.3 Å². The van der Waals surface area contributed by atoms with Crippen LogP contribution in [0.3, 0.4) is 0 Å². The normalized spacial score (nSPS) is 11.0. The average Bonchev–Trinajstić information content (AvgIpc) is 2.42. The van der Waals surface area contributed by atoms with E-state index in [1.165, 1.54) is 38.5 Å². The van der Waals surface area contributed by atoms with E-state index < -0.39 is 11.9 Å². The van der Waals surface area contributed by atoms with Gasteiger partial charge in [-0.3, -0.25) is 9.59 Å². The second kappa shape index (κ2) is 15.1. The summed E-state index contributed by atoms with van der Waals surface area (Å²) in [6, 6.07) is 0. The maximum Gasteiger partial charge on any atom is 0.307 e. The molecule has 0 saturated heterocycles. The third-order valence-corrected chi connectivity index (χ3v) is 3.47. The molecule has 0 radical (unpaired) electrons. The Kier molecular flexibility index (Phi) is 14.1. The van der Waals surface area contributed by atoms with Crippen molar-refractivity contribution in [3.63, 3.8) is 0 Å². The van der Waals surface area contributed by atoms with Crippen LogP contribution in [0.4, 0.5) is 0 Å². The molecule has 0 bridgehead atoms. The summed E-state index contributed by atoms with van der Waals surface area (Å²) in [6.07, 6.45) is 16.8. The number of carboxylic acid groups (broad SMARTS) is 2. The van der Waals surface area contributed by atoms with Crippen molar-refractivity contribution in [2.24, 2.45) is 0 Å². The third kappa shape index (κ3) is 18.7. The Balaban J connectivity index is 3.07. The molecule has 0 saturated carbocycles. The highest BCUT2D eigenvalue weighted by atomic mass is 16.4. The monoisotopic (exact) mass is 298 g/mol. The molecule has 2 N–H and O–H groups in total. The van der Waals surface area contributed by atoms with Gasteiger partial charge in [0, 0.05) is 6.42 Å². The minimum absolute atomic E-state index is 0.131. The Labute approximate surface area is 128 Å². The fourth-order valence-corrected chi connectivity index (χ4v) is 2.25. The van der Waals surface area contributed by atoms with Gasteiger partial charge >= 0.3 is 11.9 Å². The van der Waals surface area contributed by atoms with Crippen molar-refractivity contribution in [3.05, 3.63) is 12.2 Å². The molecule has 0 aromatic carbocycles. The van der Waals surface area contributed by atoms with Gasteiger partial charge in [0.05, 0.1) is 6.42 Å². The summed E-state index contributed by atoms with van der Waals surface area (Å²) >= 11 is 0. The van der Waals surface area contributed by atoms with E-state index in [1.807, 2.05) is 6.08 Å². The van der Waals surface area contributed by atoms with Crippen molar-refractivity contribution in [3.8, 4) is 0 Å². The molecule has 0 aromatic rings. The number of carboxylic acids is 2. The summed E-state index contributed by atoms with van der Waals surface area (Å²) in [5, 5.41) is 17.0. The Bertz CT molecular complexity index is 297. The summed E-state index contributed by atoms with van der Waals surface area (Å²) < 4.78 is 0. The lowest BCUT2D eigenvalue weighted by Crippen LogP contribution is -1.93. The lowest BCUT2D eigenvalue weighted by molar-refractivity contribution is -0.137. The molecule has 0 aliphatic rings. The van der Waals surface area contributed by atoms with E-state index in [1.54, 1.807) is 6.08 Å². The molecule has 0 unspecified atom stereocenters. The minimum Gasteiger partial charge on any atom is -0.481 e. The molecule has 0 aliphatic heterocycles. The summed E-state index contributed by atoms with van der Waals surface area (Å²) in [7, 11) is 0. The first-order valence-corrected chi connectivity index (χ1v) is 8.21. The van der Waals surface area contributed by atoms with Gasteiger partial charge in [0.1, 0.15) is 0 Å². The lowest BCUT2D eigenvalue weighted by atomic mass is 10.1. The zero-order valence-electron chi connectivity index (χ0n) is 13.1. The predicted molar refractivity (Wildman–Crippen MR) is 84.4 cm³/mol. The molecule has 0 fully saturated rings. The molecular formula is C17H30O4. The Morgan fingerprint density at radius 3 is 1.57 bits per heavy atom. The molecule has 0 rings (SSSR count). The van der Waals surface area contributed by atoms with Crippen molar-refractivity contribution in [1.29, 1.82) is 0 Å².